The van der Waals surface area contributed by atoms with Gasteiger partial charge in [-0.15, -0.1) is 11.3 Å². The number of thiophene rings is 1. The van der Waals surface area contributed by atoms with Gasteiger partial charge in [0.1, 0.15) is 11.9 Å². The summed E-state index contributed by atoms with van der Waals surface area (Å²) in [5, 5.41) is 0. The van der Waals surface area contributed by atoms with Crippen LogP contribution in [0.5, 0.6) is 5.75 Å². The summed E-state index contributed by atoms with van der Waals surface area (Å²) < 4.78 is 11.8. The first kappa shape index (κ1) is 15.3. The second kappa shape index (κ2) is 7.09. The number of benzene rings is 1. The highest BCUT2D eigenvalue weighted by Crippen LogP contribution is 2.31. The quantitative estimate of drug-likeness (QED) is 0.876. The highest BCUT2D eigenvalue weighted by molar-refractivity contribution is 7.16. The summed E-state index contributed by atoms with van der Waals surface area (Å²) in [4.78, 5) is 1.05. The Bertz CT molecular complexity index is 539. The van der Waals surface area contributed by atoms with Crippen LogP contribution >= 0.6 is 22.9 Å². The molecule has 0 amide bonds. The van der Waals surface area contributed by atoms with E-state index < -0.39 is 0 Å². The molecular weight excluding hydrogens is 294 g/mol. The van der Waals surface area contributed by atoms with Crippen molar-refractivity contribution >= 4 is 22.9 Å². The van der Waals surface area contributed by atoms with Crippen molar-refractivity contribution in [2.45, 2.75) is 25.7 Å². The van der Waals surface area contributed by atoms with E-state index in [2.05, 4.69) is 0 Å². The van der Waals surface area contributed by atoms with Crippen LogP contribution in [0, 0.1) is 0 Å². The van der Waals surface area contributed by atoms with E-state index in [1.807, 2.05) is 43.3 Å². The zero-order chi connectivity index (χ0) is 14.5. The molecule has 0 bridgehead atoms. The Labute approximate surface area is 128 Å². The normalized spacial score (nSPS) is 14.0. The maximum absolute atomic E-state index is 6.01. The van der Waals surface area contributed by atoms with E-state index in [4.69, 9.17) is 26.8 Å². The zero-order valence-electron chi connectivity index (χ0n) is 11.5. The Morgan fingerprint density at radius 2 is 1.90 bits per heavy atom. The molecule has 2 unspecified atom stereocenters. The fourth-order valence-electron chi connectivity index (χ4n) is 1.88. The van der Waals surface area contributed by atoms with Crippen LogP contribution in [0.3, 0.4) is 0 Å². The van der Waals surface area contributed by atoms with Crippen molar-refractivity contribution in [3.63, 3.8) is 0 Å². The second-order valence-corrected chi connectivity index (χ2v) is 6.33. The fraction of sp³-hybridized carbons (Fsp3) is 0.333. The first-order chi connectivity index (χ1) is 9.60. The van der Waals surface area contributed by atoms with Gasteiger partial charge in [-0.1, -0.05) is 23.7 Å². The molecule has 20 heavy (non-hydrogen) atoms. The molecule has 0 aliphatic carbocycles. The Morgan fingerprint density at radius 3 is 2.40 bits per heavy atom. The van der Waals surface area contributed by atoms with Crippen LogP contribution in [0.4, 0.5) is 0 Å². The van der Waals surface area contributed by atoms with Crippen molar-refractivity contribution in [1.82, 2.24) is 0 Å². The third kappa shape index (κ3) is 3.96. The lowest BCUT2D eigenvalue weighted by atomic mass is 10.1. The molecule has 2 N–H and O–H groups in total. The molecule has 1 aromatic heterocycles. The number of hydrogen-bond acceptors (Lipinski definition) is 4. The van der Waals surface area contributed by atoms with Crippen LogP contribution in [0.1, 0.15) is 23.5 Å². The lowest BCUT2D eigenvalue weighted by Gasteiger charge is -2.20. The predicted molar refractivity (Wildman–Crippen MR) is 83.5 cm³/mol. The highest BCUT2D eigenvalue weighted by Gasteiger charge is 2.19. The Kier molecular flexibility index (Phi) is 5.43. The minimum atomic E-state index is -0.144. The maximum Gasteiger partial charge on any atom is 0.118 e. The largest absolute Gasteiger partial charge is 0.497 e. The molecule has 1 aromatic carbocycles. The van der Waals surface area contributed by atoms with Crippen LogP contribution in [-0.4, -0.2) is 13.2 Å². The molecule has 3 nitrogen and oxygen atoms in total. The van der Waals surface area contributed by atoms with Crippen molar-refractivity contribution in [2.75, 3.05) is 7.11 Å². The van der Waals surface area contributed by atoms with E-state index >= 15 is 0 Å². The molecule has 0 aliphatic heterocycles. The van der Waals surface area contributed by atoms with Gasteiger partial charge < -0.3 is 15.2 Å². The van der Waals surface area contributed by atoms with Crippen LogP contribution in [0.2, 0.25) is 4.34 Å². The molecule has 5 heteroatoms. The summed E-state index contributed by atoms with van der Waals surface area (Å²) in [5.41, 5.74) is 7.09. The van der Waals surface area contributed by atoms with Crippen molar-refractivity contribution in [3.8, 4) is 5.75 Å². The van der Waals surface area contributed by atoms with Gasteiger partial charge in [0.2, 0.25) is 0 Å². The van der Waals surface area contributed by atoms with E-state index in [0.29, 0.717) is 6.61 Å². The summed E-state index contributed by atoms with van der Waals surface area (Å²) >= 11 is 7.47. The average Bonchev–Trinajstić information content (AvgIpc) is 2.86. The summed E-state index contributed by atoms with van der Waals surface area (Å²) in [5.74, 6) is 0.836. The predicted octanol–water partition coefficient (Wildman–Crippen LogP) is 4.02. The second-order valence-electron chi connectivity index (χ2n) is 4.58. The molecule has 2 atom stereocenters. The molecule has 2 rings (SSSR count). The molecular formula is C15H18ClNO2S. The topological polar surface area (TPSA) is 44.5 Å². The SMILES string of the molecule is COc1ccc(COC(c2ccc(Cl)s2)C(C)N)cc1. The van der Waals surface area contributed by atoms with Gasteiger partial charge in [0, 0.05) is 10.9 Å². The first-order valence-electron chi connectivity index (χ1n) is 6.35. The molecule has 1 heterocycles. The van der Waals surface area contributed by atoms with E-state index in [9.17, 15) is 0 Å². The molecule has 0 radical (unpaired) electrons. The molecule has 0 spiro atoms. The van der Waals surface area contributed by atoms with Gasteiger partial charge in [-0.3, -0.25) is 0 Å². The highest BCUT2D eigenvalue weighted by atomic mass is 35.5. The standard InChI is InChI=1S/C15H18ClNO2S/c1-10(17)15(13-7-8-14(16)20-13)19-9-11-3-5-12(18-2)6-4-11/h3-8,10,15H,9,17H2,1-2H3. The van der Waals surface area contributed by atoms with Crippen LogP contribution in [0.15, 0.2) is 36.4 Å². The Morgan fingerprint density at radius 1 is 1.20 bits per heavy atom. The van der Waals surface area contributed by atoms with E-state index in [1.165, 1.54) is 11.3 Å². The Hall–Kier alpha value is -1.07. The molecule has 0 aliphatic rings. The lowest BCUT2D eigenvalue weighted by Crippen LogP contribution is -2.26. The summed E-state index contributed by atoms with van der Waals surface area (Å²) in [7, 11) is 1.65. The number of rotatable bonds is 6. The maximum atomic E-state index is 6.01. The van der Waals surface area contributed by atoms with Crippen molar-refractivity contribution < 1.29 is 9.47 Å². The summed E-state index contributed by atoms with van der Waals surface area (Å²) in [6.07, 6.45) is -0.144. The third-order valence-electron chi connectivity index (χ3n) is 2.94. The number of nitrogens with two attached hydrogens (primary N) is 1. The van der Waals surface area contributed by atoms with Crippen LogP contribution in [-0.2, 0) is 11.3 Å². The number of hydrogen-bond donors (Lipinski definition) is 1. The number of ether oxygens (including phenoxy) is 2. The lowest BCUT2D eigenvalue weighted by molar-refractivity contribution is 0.0282. The van der Waals surface area contributed by atoms with Gasteiger partial charge >= 0.3 is 0 Å². The van der Waals surface area contributed by atoms with Crippen molar-refractivity contribution in [2.24, 2.45) is 5.73 Å². The average molecular weight is 312 g/mol. The van der Waals surface area contributed by atoms with Gasteiger partial charge in [-0.2, -0.15) is 0 Å². The zero-order valence-corrected chi connectivity index (χ0v) is 13.1. The molecule has 0 saturated heterocycles. The van der Waals surface area contributed by atoms with Crippen molar-refractivity contribution in [3.05, 3.63) is 51.2 Å². The van der Waals surface area contributed by atoms with Gasteiger partial charge in [0.15, 0.2) is 0 Å². The minimum Gasteiger partial charge on any atom is -0.497 e. The van der Waals surface area contributed by atoms with Gasteiger partial charge in [0.25, 0.3) is 0 Å². The van der Waals surface area contributed by atoms with Gasteiger partial charge in [0.05, 0.1) is 18.1 Å². The summed E-state index contributed by atoms with van der Waals surface area (Å²) in [6, 6.07) is 11.5. The molecule has 108 valence electrons. The van der Waals surface area contributed by atoms with Crippen LogP contribution in [0.25, 0.3) is 0 Å². The molecule has 0 fully saturated rings. The number of halogens is 1. The Balaban J connectivity index is 2.01. The molecule has 2 aromatic rings. The van der Waals surface area contributed by atoms with Crippen molar-refractivity contribution in [1.29, 1.82) is 0 Å². The monoisotopic (exact) mass is 311 g/mol. The third-order valence-corrected chi connectivity index (χ3v) is 4.23. The summed E-state index contributed by atoms with van der Waals surface area (Å²) in [6.45, 7) is 2.44. The first-order valence-corrected chi connectivity index (χ1v) is 7.55. The van der Waals surface area contributed by atoms with Crippen LogP contribution < -0.4 is 10.5 Å². The van der Waals surface area contributed by atoms with E-state index in [-0.39, 0.29) is 12.1 Å². The van der Waals surface area contributed by atoms with Gasteiger partial charge in [-0.05, 0) is 36.8 Å². The fourth-order valence-corrected chi connectivity index (χ4v) is 3.11. The smallest absolute Gasteiger partial charge is 0.118 e. The minimum absolute atomic E-state index is 0.0945. The van der Waals surface area contributed by atoms with E-state index in [0.717, 1.165) is 20.5 Å². The van der Waals surface area contributed by atoms with Gasteiger partial charge in [-0.25, -0.2) is 0 Å². The van der Waals surface area contributed by atoms with E-state index in [1.54, 1.807) is 7.11 Å². The molecule has 0 saturated carbocycles. The number of methoxy groups -OCH3 is 1.